The molecule has 0 amide bonds. The third kappa shape index (κ3) is 3.62. The maximum atomic E-state index is 3.65. The van der Waals surface area contributed by atoms with Crippen molar-refractivity contribution in [2.75, 3.05) is 6.54 Å². The number of nitrogens with one attached hydrogen (secondary N) is 1. The molecule has 1 saturated carbocycles. The minimum Gasteiger partial charge on any atom is -0.314 e. The van der Waals surface area contributed by atoms with Gasteiger partial charge in [-0.15, -0.1) is 0 Å². The fraction of sp³-hybridized carbons (Fsp3) is 0.692. The van der Waals surface area contributed by atoms with Crippen molar-refractivity contribution in [2.24, 2.45) is 11.8 Å². The highest BCUT2D eigenvalue weighted by molar-refractivity contribution is 7.07. The number of thiophene rings is 1. The van der Waals surface area contributed by atoms with Gasteiger partial charge in [0.25, 0.3) is 0 Å². The SMILES string of the molecule is CC(C)C(CNC1CC1)Cc1ccsc1. The van der Waals surface area contributed by atoms with E-state index in [4.69, 9.17) is 0 Å². The summed E-state index contributed by atoms with van der Waals surface area (Å²) in [5, 5.41) is 8.12. The number of hydrogen-bond donors (Lipinski definition) is 1. The summed E-state index contributed by atoms with van der Waals surface area (Å²) in [7, 11) is 0. The lowest BCUT2D eigenvalue weighted by Crippen LogP contribution is -2.29. The molecule has 2 heteroatoms. The first-order valence-corrected chi connectivity index (χ1v) is 6.94. The second-order valence-electron chi connectivity index (χ2n) is 5.02. The average Bonchev–Trinajstić information content (AvgIpc) is 2.89. The fourth-order valence-electron chi connectivity index (χ4n) is 1.86. The minimum absolute atomic E-state index is 0.774. The maximum Gasteiger partial charge on any atom is 0.00683 e. The third-order valence-corrected chi connectivity index (χ3v) is 4.00. The Morgan fingerprint density at radius 2 is 2.27 bits per heavy atom. The predicted molar refractivity (Wildman–Crippen MR) is 67.4 cm³/mol. The molecule has 1 N–H and O–H groups in total. The average molecular weight is 223 g/mol. The normalized spacial score (nSPS) is 18.3. The molecule has 1 fully saturated rings. The largest absolute Gasteiger partial charge is 0.314 e. The van der Waals surface area contributed by atoms with Gasteiger partial charge in [-0.25, -0.2) is 0 Å². The number of hydrogen-bond acceptors (Lipinski definition) is 2. The van der Waals surface area contributed by atoms with E-state index in [-0.39, 0.29) is 0 Å². The van der Waals surface area contributed by atoms with Crippen LogP contribution < -0.4 is 5.32 Å². The molecule has 1 aromatic rings. The predicted octanol–water partition coefficient (Wildman–Crippen LogP) is 3.31. The van der Waals surface area contributed by atoms with Crippen molar-refractivity contribution in [3.8, 4) is 0 Å². The molecule has 0 radical (unpaired) electrons. The van der Waals surface area contributed by atoms with Gasteiger partial charge in [0.1, 0.15) is 0 Å². The highest BCUT2D eigenvalue weighted by Gasteiger charge is 2.23. The lowest BCUT2D eigenvalue weighted by Gasteiger charge is -2.20. The Balaban J connectivity index is 1.81. The first-order valence-electron chi connectivity index (χ1n) is 6.00. The van der Waals surface area contributed by atoms with E-state index in [2.05, 4.69) is 36.0 Å². The van der Waals surface area contributed by atoms with E-state index in [0.717, 1.165) is 17.9 Å². The monoisotopic (exact) mass is 223 g/mol. The fourth-order valence-corrected chi connectivity index (χ4v) is 2.54. The van der Waals surface area contributed by atoms with Crippen LogP contribution in [-0.2, 0) is 6.42 Å². The summed E-state index contributed by atoms with van der Waals surface area (Å²) in [4.78, 5) is 0. The van der Waals surface area contributed by atoms with Crippen LogP contribution in [0.15, 0.2) is 16.8 Å². The molecule has 0 aliphatic heterocycles. The van der Waals surface area contributed by atoms with E-state index in [1.165, 1.54) is 31.4 Å². The van der Waals surface area contributed by atoms with Gasteiger partial charge in [-0.1, -0.05) is 13.8 Å². The lowest BCUT2D eigenvalue weighted by molar-refractivity contribution is 0.359. The van der Waals surface area contributed by atoms with Crippen molar-refractivity contribution in [3.05, 3.63) is 22.4 Å². The summed E-state index contributed by atoms with van der Waals surface area (Å²) in [6.07, 6.45) is 4.02. The first kappa shape index (κ1) is 11.2. The summed E-state index contributed by atoms with van der Waals surface area (Å²) in [5.41, 5.74) is 1.51. The Hall–Kier alpha value is -0.340. The van der Waals surface area contributed by atoms with Crippen LogP contribution in [0.5, 0.6) is 0 Å². The Labute approximate surface area is 96.9 Å². The molecule has 1 atom stereocenters. The molecule has 1 heterocycles. The molecule has 2 rings (SSSR count). The van der Waals surface area contributed by atoms with Gasteiger partial charge in [-0.2, -0.15) is 11.3 Å². The van der Waals surface area contributed by atoms with Gasteiger partial charge >= 0.3 is 0 Å². The molecule has 1 unspecified atom stereocenters. The molecule has 1 nitrogen and oxygen atoms in total. The van der Waals surface area contributed by atoms with Gasteiger partial charge < -0.3 is 5.32 Å². The molecular weight excluding hydrogens is 202 g/mol. The maximum absolute atomic E-state index is 3.65. The second kappa shape index (κ2) is 5.13. The molecule has 0 bridgehead atoms. The molecule has 0 spiro atoms. The molecule has 0 saturated heterocycles. The Kier molecular flexibility index (Phi) is 3.81. The van der Waals surface area contributed by atoms with Crippen molar-refractivity contribution >= 4 is 11.3 Å². The van der Waals surface area contributed by atoms with E-state index in [9.17, 15) is 0 Å². The Bertz CT molecular complexity index is 275. The summed E-state index contributed by atoms with van der Waals surface area (Å²) in [6, 6.07) is 3.10. The molecule has 1 aliphatic rings. The van der Waals surface area contributed by atoms with E-state index in [1.807, 2.05) is 11.3 Å². The zero-order valence-electron chi connectivity index (χ0n) is 9.70. The van der Waals surface area contributed by atoms with Gasteiger partial charge in [0.15, 0.2) is 0 Å². The van der Waals surface area contributed by atoms with Crippen LogP contribution in [0.3, 0.4) is 0 Å². The lowest BCUT2D eigenvalue weighted by atomic mass is 9.90. The zero-order valence-corrected chi connectivity index (χ0v) is 10.5. The molecular formula is C13H21NS. The van der Waals surface area contributed by atoms with Crippen LogP contribution in [-0.4, -0.2) is 12.6 Å². The molecule has 1 aliphatic carbocycles. The summed E-state index contributed by atoms with van der Waals surface area (Å²) in [6.45, 7) is 5.87. The van der Waals surface area contributed by atoms with Crippen LogP contribution in [0.25, 0.3) is 0 Å². The van der Waals surface area contributed by atoms with Crippen LogP contribution >= 0.6 is 11.3 Å². The molecule has 0 aromatic carbocycles. The molecule has 15 heavy (non-hydrogen) atoms. The minimum atomic E-state index is 0.774. The van der Waals surface area contributed by atoms with Crippen molar-refractivity contribution < 1.29 is 0 Å². The van der Waals surface area contributed by atoms with Crippen LogP contribution in [0.1, 0.15) is 32.3 Å². The Morgan fingerprint density at radius 3 is 2.80 bits per heavy atom. The highest BCUT2D eigenvalue weighted by Crippen LogP contribution is 2.22. The molecule has 84 valence electrons. The smallest absolute Gasteiger partial charge is 0.00683 e. The van der Waals surface area contributed by atoms with E-state index in [1.54, 1.807) is 0 Å². The van der Waals surface area contributed by atoms with Crippen LogP contribution in [0, 0.1) is 11.8 Å². The van der Waals surface area contributed by atoms with Gasteiger partial charge in [-0.05, 0) is 60.0 Å². The summed E-state index contributed by atoms with van der Waals surface area (Å²) >= 11 is 1.81. The van der Waals surface area contributed by atoms with Crippen LogP contribution in [0.4, 0.5) is 0 Å². The van der Waals surface area contributed by atoms with Crippen molar-refractivity contribution in [1.82, 2.24) is 5.32 Å². The van der Waals surface area contributed by atoms with Gasteiger partial charge in [0.05, 0.1) is 0 Å². The van der Waals surface area contributed by atoms with E-state index >= 15 is 0 Å². The summed E-state index contributed by atoms with van der Waals surface area (Å²) in [5.74, 6) is 1.57. The van der Waals surface area contributed by atoms with Crippen molar-refractivity contribution in [3.63, 3.8) is 0 Å². The standard InChI is InChI=1S/C13H21NS/c1-10(2)12(8-14-13-3-4-13)7-11-5-6-15-9-11/h5-6,9-10,12-14H,3-4,7-8H2,1-2H3. The third-order valence-electron chi connectivity index (χ3n) is 3.27. The topological polar surface area (TPSA) is 12.0 Å². The molecule has 1 aromatic heterocycles. The van der Waals surface area contributed by atoms with Crippen molar-refractivity contribution in [1.29, 1.82) is 0 Å². The quantitative estimate of drug-likeness (QED) is 0.780. The number of rotatable bonds is 6. The second-order valence-corrected chi connectivity index (χ2v) is 5.80. The van der Waals surface area contributed by atoms with Gasteiger partial charge in [0, 0.05) is 6.04 Å². The highest BCUT2D eigenvalue weighted by atomic mass is 32.1. The van der Waals surface area contributed by atoms with Crippen molar-refractivity contribution in [2.45, 2.75) is 39.2 Å². The van der Waals surface area contributed by atoms with Crippen LogP contribution in [0.2, 0.25) is 0 Å². The van der Waals surface area contributed by atoms with Gasteiger partial charge in [-0.3, -0.25) is 0 Å². The van der Waals surface area contributed by atoms with E-state index < -0.39 is 0 Å². The summed E-state index contributed by atoms with van der Waals surface area (Å²) < 4.78 is 0. The zero-order chi connectivity index (χ0) is 10.7. The van der Waals surface area contributed by atoms with Gasteiger partial charge in [0.2, 0.25) is 0 Å². The first-order chi connectivity index (χ1) is 7.25. The van der Waals surface area contributed by atoms with E-state index in [0.29, 0.717) is 0 Å². The Morgan fingerprint density at radius 1 is 1.47 bits per heavy atom.